The molecule has 0 aliphatic carbocycles. The Morgan fingerprint density at radius 1 is 1.03 bits per heavy atom. The Balaban J connectivity index is 1.44. The maximum Gasteiger partial charge on any atom is 0.163 e. The Hall–Kier alpha value is -1.55. The molecule has 2 aliphatic rings. The summed E-state index contributed by atoms with van der Waals surface area (Å²) in [6.45, 7) is 11.1. The molecule has 0 unspecified atom stereocenters. The maximum atomic E-state index is 5.82. The van der Waals surface area contributed by atoms with Crippen LogP contribution in [0.3, 0.4) is 0 Å². The molecule has 1 aromatic rings. The van der Waals surface area contributed by atoms with E-state index in [0.29, 0.717) is 46.1 Å². The fourth-order valence-corrected chi connectivity index (χ4v) is 3.28. The summed E-state index contributed by atoms with van der Waals surface area (Å²) >= 11 is 0. The van der Waals surface area contributed by atoms with Gasteiger partial charge in [-0.15, -0.1) is 0 Å². The van der Waals surface area contributed by atoms with Crippen LogP contribution in [0.2, 0.25) is 0 Å². The predicted octanol–water partition coefficient (Wildman–Crippen LogP) is 2.47. The van der Waals surface area contributed by atoms with Crippen LogP contribution in [-0.2, 0) is 35.1 Å². The van der Waals surface area contributed by atoms with Crippen LogP contribution in [-0.4, -0.2) is 69.0 Å². The summed E-state index contributed by atoms with van der Waals surface area (Å²) in [6, 6.07) is 9.93. The molecule has 0 spiro atoms. The number of oxime groups is 1. The molecule has 168 valence electrons. The summed E-state index contributed by atoms with van der Waals surface area (Å²) in [5, 5.41) is 7.64. The molecule has 2 heterocycles. The van der Waals surface area contributed by atoms with E-state index in [1.807, 2.05) is 58.0 Å². The van der Waals surface area contributed by atoms with Crippen LogP contribution in [0.15, 0.2) is 35.5 Å². The van der Waals surface area contributed by atoms with Crippen molar-refractivity contribution in [1.82, 2.24) is 5.32 Å². The Morgan fingerprint density at radius 3 is 2.33 bits per heavy atom. The van der Waals surface area contributed by atoms with Gasteiger partial charge in [0.1, 0.15) is 12.7 Å². The number of benzene rings is 1. The Labute approximate surface area is 178 Å². The van der Waals surface area contributed by atoms with Gasteiger partial charge in [0.15, 0.2) is 11.6 Å². The Morgan fingerprint density at radius 2 is 1.70 bits per heavy atom. The van der Waals surface area contributed by atoms with Gasteiger partial charge in [-0.1, -0.05) is 35.5 Å². The molecule has 0 saturated carbocycles. The highest BCUT2D eigenvalue weighted by Gasteiger charge is 2.33. The molecule has 8 nitrogen and oxygen atoms in total. The molecule has 2 atom stereocenters. The van der Waals surface area contributed by atoms with E-state index in [2.05, 4.69) is 10.5 Å². The smallest absolute Gasteiger partial charge is 0.163 e. The average Bonchev–Trinajstić information content (AvgIpc) is 3.22. The maximum absolute atomic E-state index is 5.82. The first-order valence-corrected chi connectivity index (χ1v) is 10.4. The standard InChI is InChI=1S/C22H34N2O6/c1-21(2)26-15-19(29-21)11-23-10-18(24-28-12-17-8-6-5-7-9-17)13-25-14-20-16-27-22(3,4)30-20/h5-9,19-20,23H,10-16H2,1-4H3/b24-18+/t19-,20-/m0/s1. The molecular formula is C22H34N2O6. The van der Waals surface area contributed by atoms with Gasteiger partial charge >= 0.3 is 0 Å². The minimum atomic E-state index is -0.553. The number of rotatable bonds is 11. The average molecular weight is 423 g/mol. The van der Waals surface area contributed by atoms with Gasteiger partial charge in [0.05, 0.1) is 38.2 Å². The van der Waals surface area contributed by atoms with Crippen molar-refractivity contribution >= 4 is 5.71 Å². The second-order valence-electron chi connectivity index (χ2n) is 8.46. The fraction of sp³-hybridized carbons (Fsp3) is 0.682. The first-order valence-electron chi connectivity index (χ1n) is 10.4. The summed E-state index contributed by atoms with van der Waals surface area (Å²) in [5.74, 6) is -1.08. The summed E-state index contributed by atoms with van der Waals surface area (Å²) in [6.07, 6.45) is -0.0654. The SMILES string of the molecule is CC1(C)OC[C@H](CNC/C(COC[C@H]2COC(C)(C)O2)=N\OCc2ccccc2)O1. The second-order valence-corrected chi connectivity index (χ2v) is 8.46. The minimum absolute atomic E-state index is 0.0127. The molecule has 3 rings (SSSR count). The number of nitrogens with one attached hydrogen (secondary N) is 1. The molecule has 1 aromatic carbocycles. The molecule has 2 fully saturated rings. The van der Waals surface area contributed by atoms with Gasteiger partial charge < -0.3 is 33.8 Å². The predicted molar refractivity (Wildman–Crippen MR) is 112 cm³/mol. The van der Waals surface area contributed by atoms with Gasteiger partial charge in [-0.25, -0.2) is 0 Å². The Bertz CT molecular complexity index is 645. The van der Waals surface area contributed by atoms with E-state index < -0.39 is 11.6 Å². The molecule has 0 amide bonds. The Kier molecular flexibility index (Phi) is 8.21. The third-order valence-electron chi connectivity index (χ3n) is 4.68. The first-order chi connectivity index (χ1) is 14.3. The van der Waals surface area contributed by atoms with E-state index in [0.717, 1.165) is 11.3 Å². The minimum Gasteiger partial charge on any atom is -0.391 e. The van der Waals surface area contributed by atoms with Gasteiger partial charge in [-0.05, 0) is 33.3 Å². The van der Waals surface area contributed by atoms with Gasteiger partial charge in [-0.3, -0.25) is 0 Å². The lowest BCUT2D eigenvalue weighted by atomic mass is 10.2. The molecule has 1 N–H and O–H groups in total. The summed E-state index contributed by atoms with van der Waals surface area (Å²) in [5.41, 5.74) is 1.83. The van der Waals surface area contributed by atoms with Crippen molar-refractivity contribution in [3.63, 3.8) is 0 Å². The number of hydrogen-bond acceptors (Lipinski definition) is 8. The van der Waals surface area contributed by atoms with Crippen LogP contribution in [0, 0.1) is 0 Å². The quantitative estimate of drug-likeness (QED) is 0.433. The second kappa shape index (κ2) is 10.7. The third-order valence-corrected chi connectivity index (χ3v) is 4.68. The lowest BCUT2D eigenvalue weighted by Gasteiger charge is -2.18. The van der Waals surface area contributed by atoms with Crippen LogP contribution in [0.25, 0.3) is 0 Å². The molecule has 0 radical (unpaired) electrons. The number of ether oxygens (including phenoxy) is 5. The van der Waals surface area contributed by atoms with Gasteiger partial charge in [-0.2, -0.15) is 0 Å². The highest BCUT2D eigenvalue weighted by atomic mass is 16.8. The zero-order valence-corrected chi connectivity index (χ0v) is 18.4. The van der Waals surface area contributed by atoms with E-state index in [4.69, 9.17) is 28.5 Å². The lowest BCUT2D eigenvalue weighted by Crippen LogP contribution is -2.35. The van der Waals surface area contributed by atoms with E-state index in [1.165, 1.54) is 0 Å². The largest absolute Gasteiger partial charge is 0.391 e. The van der Waals surface area contributed by atoms with Crippen LogP contribution in [0.4, 0.5) is 0 Å². The molecule has 2 saturated heterocycles. The monoisotopic (exact) mass is 422 g/mol. The van der Waals surface area contributed by atoms with Crippen LogP contribution in [0.5, 0.6) is 0 Å². The van der Waals surface area contributed by atoms with E-state index in [9.17, 15) is 0 Å². The lowest BCUT2D eigenvalue weighted by molar-refractivity contribution is -0.144. The van der Waals surface area contributed by atoms with Crippen LogP contribution < -0.4 is 5.32 Å². The molecule has 2 aliphatic heterocycles. The molecular weight excluding hydrogens is 388 g/mol. The van der Waals surface area contributed by atoms with Gasteiger partial charge in [0.25, 0.3) is 0 Å². The number of hydrogen-bond donors (Lipinski definition) is 1. The van der Waals surface area contributed by atoms with Crippen LogP contribution in [0.1, 0.15) is 33.3 Å². The summed E-state index contributed by atoms with van der Waals surface area (Å²) < 4.78 is 28.6. The first kappa shape index (κ1) is 23.1. The van der Waals surface area contributed by atoms with Crippen molar-refractivity contribution in [3.05, 3.63) is 35.9 Å². The van der Waals surface area contributed by atoms with E-state index in [1.54, 1.807) is 0 Å². The van der Waals surface area contributed by atoms with Crippen molar-refractivity contribution in [2.24, 2.45) is 5.16 Å². The molecule has 0 aromatic heterocycles. The van der Waals surface area contributed by atoms with E-state index >= 15 is 0 Å². The van der Waals surface area contributed by atoms with Crippen molar-refractivity contribution in [3.8, 4) is 0 Å². The van der Waals surface area contributed by atoms with E-state index in [-0.39, 0.29) is 12.2 Å². The highest BCUT2D eigenvalue weighted by molar-refractivity contribution is 5.87. The summed E-state index contributed by atoms with van der Waals surface area (Å²) in [4.78, 5) is 5.55. The zero-order chi connectivity index (χ0) is 21.5. The third kappa shape index (κ3) is 7.94. The normalized spacial score (nSPS) is 25.5. The van der Waals surface area contributed by atoms with Crippen molar-refractivity contribution in [1.29, 1.82) is 0 Å². The molecule has 0 bridgehead atoms. The molecule has 30 heavy (non-hydrogen) atoms. The van der Waals surface area contributed by atoms with Crippen LogP contribution >= 0.6 is 0 Å². The molecule has 8 heteroatoms. The van der Waals surface area contributed by atoms with Crippen molar-refractivity contribution in [2.75, 3.05) is 39.5 Å². The zero-order valence-electron chi connectivity index (χ0n) is 18.4. The van der Waals surface area contributed by atoms with Gasteiger partial charge in [0.2, 0.25) is 0 Å². The topological polar surface area (TPSA) is 79.8 Å². The summed E-state index contributed by atoms with van der Waals surface area (Å²) in [7, 11) is 0. The number of nitrogens with zero attached hydrogens (tertiary/aromatic N) is 1. The highest BCUT2D eigenvalue weighted by Crippen LogP contribution is 2.22. The fourth-order valence-electron chi connectivity index (χ4n) is 3.28. The van der Waals surface area contributed by atoms with Crippen molar-refractivity contribution < 1.29 is 28.5 Å². The van der Waals surface area contributed by atoms with Gasteiger partial charge in [0, 0.05) is 13.1 Å². The van der Waals surface area contributed by atoms with Crippen molar-refractivity contribution in [2.45, 2.75) is 58.1 Å².